The van der Waals surface area contributed by atoms with E-state index in [9.17, 15) is 0 Å². The van der Waals surface area contributed by atoms with Gasteiger partial charge in [-0.1, -0.05) is 39.7 Å². The number of anilines is 1. The Hall–Kier alpha value is -1.06. The lowest BCUT2D eigenvalue weighted by Gasteiger charge is -2.06. The molecular formula is C12H10BrClN2. The largest absolute Gasteiger partial charge is 0.383 e. The summed E-state index contributed by atoms with van der Waals surface area (Å²) in [6, 6.07) is 9.66. The summed E-state index contributed by atoms with van der Waals surface area (Å²) in [5.74, 6) is 0.557. The summed E-state index contributed by atoms with van der Waals surface area (Å²) in [6.07, 6.45) is 2.38. The number of halogens is 2. The number of rotatable bonds is 2. The Morgan fingerprint density at radius 2 is 2.06 bits per heavy atom. The zero-order valence-electron chi connectivity index (χ0n) is 8.45. The maximum absolute atomic E-state index is 6.14. The van der Waals surface area contributed by atoms with Crippen molar-refractivity contribution in [3.05, 3.63) is 57.2 Å². The van der Waals surface area contributed by atoms with Crippen LogP contribution in [-0.4, -0.2) is 4.98 Å². The van der Waals surface area contributed by atoms with Gasteiger partial charge in [0.25, 0.3) is 0 Å². The zero-order chi connectivity index (χ0) is 11.5. The summed E-state index contributed by atoms with van der Waals surface area (Å²) in [7, 11) is 0. The van der Waals surface area contributed by atoms with Gasteiger partial charge in [-0.2, -0.15) is 0 Å². The third-order valence-corrected chi connectivity index (χ3v) is 3.17. The summed E-state index contributed by atoms with van der Waals surface area (Å²) >= 11 is 9.52. The van der Waals surface area contributed by atoms with Gasteiger partial charge in [0.1, 0.15) is 5.82 Å². The molecule has 0 aliphatic heterocycles. The van der Waals surface area contributed by atoms with E-state index in [-0.39, 0.29) is 0 Å². The molecule has 0 spiro atoms. The molecule has 4 heteroatoms. The van der Waals surface area contributed by atoms with E-state index in [1.54, 1.807) is 6.20 Å². The van der Waals surface area contributed by atoms with Crippen LogP contribution in [0.4, 0.5) is 5.82 Å². The van der Waals surface area contributed by atoms with Crippen LogP contribution in [0.5, 0.6) is 0 Å². The molecular weight excluding hydrogens is 288 g/mol. The number of hydrogen-bond donors (Lipinski definition) is 1. The van der Waals surface area contributed by atoms with Crippen molar-refractivity contribution in [3.63, 3.8) is 0 Å². The number of nitrogen functional groups attached to an aromatic ring is 1. The lowest BCUT2D eigenvalue weighted by Crippen LogP contribution is -1.98. The molecule has 0 aliphatic rings. The lowest BCUT2D eigenvalue weighted by atomic mass is 10.1. The molecule has 2 nitrogen and oxygen atoms in total. The number of hydrogen-bond acceptors (Lipinski definition) is 2. The maximum Gasteiger partial charge on any atom is 0.126 e. The van der Waals surface area contributed by atoms with Gasteiger partial charge in [-0.3, -0.25) is 0 Å². The Kier molecular flexibility index (Phi) is 3.46. The van der Waals surface area contributed by atoms with E-state index in [2.05, 4.69) is 20.9 Å². The fraction of sp³-hybridized carbons (Fsp3) is 0.0833. The highest BCUT2D eigenvalue weighted by Gasteiger charge is 2.05. The van der Waals surface area contributed by atoms with Crippen molar-refractivity contribution in [2.45, 2.75) is 6.42 Å². The van der Waals surface area contributed by atoms with Gasteiger partial charge in [0.2, 0.25) is 0 Å². The molecule has 0 amide bonds. The molecule has 1 aromatic heterocycles. The number of nitrogens with two attached hydrogens (primary N) is 1. The Labute approximate surface area is 108 Å². The Balaban J connectivity index is 2.31. The first-order valence-electron chi connectivity index (χ1n) is 4.80. The van der Waals surface area contributed by atoms with Crippen LogP contribution in [0.15, 0.2) is 41.0 Å². The number of aromatic nitrogens is 1. The van der Waals surface area contributed by atoms with Gasteiger partial charge in [0, 0.05) is 22.1 Å². The van der Waals surface area contributed by atoms with E-state index in [1.165, 1.54) is 0 Å². The molecule has 16 heavy (non-hydrogen) atoms. The predicted octanol–water partition coefficient (Wildman–Crippen LogP) is 3.67. The minimum atomic E-state index is 0.557. The molecule has 82 valence electrons. The van der Waals surface area contributed by atoms with Gasteiger partial charge in [0.15, 0.2) is 0 Å². The van der Waals surface area contributed by atoms with Crippen LogP contribution in [0.1, 0.15) is 11.1 Å². The van der Waals surface area contributed by atoms with Crippen molar-refractivity contribution in [2.24, 2.45) is 0 Å². The summed E-state index contributed by atoms with van der Waals surface area (Å²) in [5.41, 5.74) is 7.82. The molecule has 1 aromatic carbocycles. The third-order valence-electron chi connectivity index (χ3n) is 2.32. The van der Waals surface area contributed by atoms with Crippen LogP contribution in [0.3, 0.4) is 0 Å². The molecule has 0 atom stereocenters. The van der Waals surface area contributed by atoms with Crippen molar-refractivity contribution in [1.82, 2.24) is 4.98 Å². The van der Waals surface area contributed by atoms with Gasteiger partial charge in [-0.25, -0.2) is 4.98 Å². The highest BCUT2D eigenvalue weighted by atomic mass is 79.9. The molecule has 0 bridgehead atoms. The van der Waals surface area contributed by atoms with Crippen LogP contribution in [-0.2, 0) is 6.42 Å². The summed E-state index contributed by atoms with van der Waals surface area (Å²) in [4.78, 5) is 4.05. The number of nitrogens with zero attached hydrogens (tertiary/aromatic N) is 1. The fourth-order valence-corrected chi connectivity index (χ4v) is 2.21. The topological polar surface area (TPSA) is 38.9 Å². The quantitative estimate of drug-likeness (QED) is 0.918. The average molecular weight is 298 g/mol. The predicted molar refractivity (Wildman–Crippen MR) is 70.6 cm³/mol. The SMILES string of the molecule is Nc1ncccc1Cc1ccc(Br)cc1Cl. The molecule has 2 aromatic rings. The van der Waals surface area contributed by atoms with Crippen molar-refractivity contribution in [3.8, 4) is 0 Å². The van der Waals surface area contributed by atoms with E-state index in [0.717, 1.165) is 20.6 Å². The Bertz CT molecular complexity index is 514. The minimum Gasteiger partial charge on any atom is -0.383 e. The minimum absolute atomic E-state index is 0.557. The van der Waals surface area contributed by atoms with Crippen molar-refractivity contribution >= 4 is 33.3 Å². The molecule has 1 heterocycles. The molecule has 0 saturated heterocycles. The zero-order valence-corrected chi connectivity index (χ0v) is 10.8. The smallest absolute Gasteiger partial charge is 0.126 e. The second kappa shape index (κ2) is 4.85. The lowest BCUT2D eigenvalue weighted by molar-refractivity contribution is 1.15. The van der Waals surface area contributed by atoms with E-state index in [1.807, 2.05) is 30.3 Å². The molecule has 2 rings (SSSR count). The maximum atomic E-state index is 6.14. The van der Waals surface area contributed by atoms with Gasteiger partial charge >= 0.3 is 0 Å². The third kappa shape index (κ3) is 2.54. The molecule has 0 radical (unpaired) electrons. The summed E-state index contributed by atoms with van der Waals surface area (Å²) < 4.78 is 0.973. The normalized spacial score (nSPS) is 10.4. The highest BCUT2D eigenvalue weighted by molar-refractivity contribution is 9.10. The summed E-state index contributed by atoms with van der Waals surface area (Å²) in [5, 5.41) is 0.734. The van der Waals surface area contributed by atoms with Crippen molar-refractivity contribution in [2.75, 3.05) is 5.73 Å². The van der Waals surface area contributed by atoms with Crippen LogP contribution < -0.4 is 5.73 Å². The highest BCUT2D eigenvalue weighted by Crippen LogP contribution is 2.24. The monoisotopic (exact) mass is 296 g/mol. The Morgan fingerprint density at radius 1 is 1.25 bits per heavy atom. The first kappa shape index (κ1) is 11.4. The van der Waals surface area contributed by atoms with Gasteiger partial charge in [-0.05, 0) is 29.3 Å². The number of benzene rings is 1. The molecule has 0 fully saturated rings. The average Bonchev–Trinajstić information content (AvgIpc) is 2.25. The van der Waals surface area contributed by atoms with E-state index < -0.39 is 0 Å². The fourth-order valence-electron chi connectivity index (χ4n) is 1.47. The van der Waals surface area contributed by atoms with Gasteiger partial charge in [-0.15, -0.1) is 0 Å². The van der Waals surface area contributed by atoms with Crippen molar-refractivity contribution < 1.29 is 0 Å². The second-order valence-electron chi connectivity index (χ2n) is 3.46. The molecule has 0 saturated carbocycles. The molecule has 0 unspecified atom stereocenters. The van der Waals surface area contributed by atoms with Crippen LogP contribution in [0.2, 0.25) is 5.02 Å². The number of pyridine rings is 1. The van der Waals surface area contributed by atoms with E-state index >= 15 is 0 Å². The van der Waals surface area contributed by atoms with Gasteiger partial charge < -0.3 is 5.73 Å². The van der Waals surface area contributed by atoms with E-state index in [4.69, 9.17) is 17.3 Å². The summed E-state index contributed by atoms with van der Waals surface area (Å²) in [6.45, 7) is 0. The second-order valence-corrected chi connectivity index (χ2v) is 4.78. The van der Waals surface area contributed by atoms with Crippen LogP contribution in [0, 0.1) is 0 Å². The van der Waals surface area contributed by atoms with E-state index in [0.29, 0.717) is 12.2 Å². The first-order valence-corrected chi connectivity index (χ1v) is 5.97. The van der Waals surface area contributed by atoms with Crippen LogP contribution in [0.25, 0.3) is 0 Å². The van der Waals surface area contributed by atoms with Gasteiger partial charge in [0.05, 0.1) is 0 Å². The standard InChI is InChI=1S/C12H10BrClN2/c13-10-4-3-8(11(14)7-10)6-9-2-1-5-16-12(9)15/h1-5,7H,6H2,(H2,15,16). The van der Waals surface area contributed by atoms with Crippen molar-refractivity contribution in [1.29, 1.82) is 0 Å². The van der Waals surface area contributed by atoms with Crippen LogP contribution >= 0.6 is 27.5 Å². The first-order chi connectivity index (χ1) is 7.66. The molecule has 0 aliphatic carbocycles. The Morgan fingerprint density at radius 3 is 2.75 bits per heavy atom. The molecule has 2 N–H and O–H groups in total.